The lowest BCUT2D eigenvalue weighted by molar-refractivity contribution is -0.138. The molecule has 1 aromatic heterocycles. The van der Waals surface area contributed by atoms with Gasteiger partial charge in [-0.15, -0.1) is 0 Å². The molecule has 1 atom stereocenters. The first-order chi connectivity index (χ1) is 14.5. The van der Waals surface area contributed by atoms with Gasteiger partial charge in [-0.1, -0.05) is 30.3 Å². The van der Waals surface area contributed by atoms with Crippen LogP contribution in [0, 0.1) is 0 Å². The number of carbonyl (C=O) groups excluding carboxylic acids is 1. The Morgan fingerprint density at radius 2 is 1.97 bits per heavy atom. The fourth-order valence-corrected chi connectivity index (χ4v) is 5.26. The molecule has 6 heteroatoms. The van der Waals surface area contributed by atoms with Gasteiger partial charge in [-0.2, -0.15) is 0 Å². The molecular formula is C24H27N3O3. The number of aliphatic hydroxyl groups is 1. The summed E-state index contributed by atoms with van der Waals surface area (Å²) in [5.41, 5.74) is 4.41. The lowest BCUT2D eigenvalue weighted by Gasteiger charge is -2.56. The average molecular weight is 405 g/mol. The highest BCUT2D eigenvalue weighted by atomic mass is 16.5. The molecule has 0 bridgehead atoms. The summed E-state index contributed by atoms with van der Waals surface area (Å²) in [5.74, 6) is 0.915. The van der Waals surface area contributed by atoms with E-state index in [-0.39, 0.29) is 24.0 Å². The number of hydrogen-bond acceptors (Lipinski definition) is 4. The number of H-pyrrole nitrogens is 1. The molecule has 2 aliphatic rings. The topological polar surface area (TPSA) is 68.8 Å². The summed E-state index contributed by atoms with van der Waals surface area (Å²) in [5, 5.41) is 11.5. The van der Waals surface area contributed by atoms with Crippen LogP contribution in [0.2, 0.25) is 0 Å². The Morgan fingerprint density at radius 1 is 1.20 bits per heavy atom. The summed E-state index contributed by atoms with van der Waals surface area (Å²) in [4.78, 5) is 19.8. The number of nitrogens with one attached hydrogen (secondary N) is 1. The van der Waals surface area contributed by atoms with Gasteiger partial charge in [0.05, 0.1) is 19.8 Å². The van der Waals surface area contributed by atoms with E-state index in [4.69, 9.17) is 4.74 Å². The van der Waals surface area contributed by atoms with Crippen molar-refractivity contribution >= 4 is 16.8 Å². The zero-order valence-corrected chi connectivity index (χ0v) is 17.4. The second-order valence-electron chi connectivity index (χ2n) is 8.57. The zero-order chi connectivity index (χ0) is 20.9. The molecular weight excluding hydrogens is 378 g/mol. The molecule has 0 unspecified atom stereocenters. The number of fused-ring (bicyclic) bond motifs is 4. The van der Waals surface area contributed by atoms with Crippen LogP contribution >= 0.6 is 0 Å². The largest absolute Gasteiger partial charge is 0.497 e. The molecule has 2 N–H and O–H groups in total. The van der Waals surface area contributed by atoms with Crippen LogP contribution in [0.5, 0.6) is 5.75 Å². The number of benzene rings is 2. The number of carbonyl (C=O) groups is 1. The van der Waals surface area contributed by atoms with Gasteiger partial charge in [-0.3, -0.25) is 9.69 Å². The van der Waals surface area contributed by atoms with Gasteiger partial charge in [0.15, 0.2) is 0 Å². The van der Waals surface area contributed by atoms with Gasteiger partial charge in [0, 0.05) is 61.2 Å². The molecule has 2 aliphatic heterocycles. The van der Waals surface area contributed by atoms with Gasteiger partial charge in [-0.25, -0.2) is 0 Å². The summed E-state index contributed by atoms with van der Waals surface area (Å²) in [6.45, 7) is 4.65. The molecule has 0 radical (unpaired) electrons. The first-order valence-corrected chi connectivity index (χ1v) is 10.4. The van der Waals surface area contributed by atoms with Crippen molar-refractivity contribution in [2.24, 2.45) is 0 Å². The second-order valence-corrected chi connectivity index (χ2v) is 8.57. The van der Waals surface area contributed by atoms with Crippen LogP contribution in [-0.2, 0) is 16.8 Å². The minimum absolute atomic E-state index is 0.0380. The predicted octanol–water partition coefficient (Wildman–Crippen LogP) is 2.83. The number of methoxy groups -OCH3 is 1. The Morgan fingerprint density at radius 3 is 2.63 bits per heavy atom. The standard InChI is InChI=1S/C24H27N3O3/c1-16(29)27-14-24(15-27)13-26(11-17-6-4-3-5-7-17)21(12-28)23-22(24)19-9-8-18(30-2)10-20(19)25-23/h3-10,21,25,28H,11-15H2,1-2H3/t21-/m1/s1. The zero-order valence-electron chi connectivity index (χ0n) is 17.4. The van der Waals surface area contributed by atoms with E-state index in [0.717, 1.165) is 35.4 Å². The molecule has 2 aromatic carbocycles. The second kappa shape index (κ2) is 7.15. The third kappa shape index (κ3) is 2.90. The molecule has 5 rings (SSSR count). The Bertz CT molecular complexity index is 1090. The Kier molecular flexibility index (Phi) is 4.56. The van der Waals surface area contributed by atoms with Crippen molar-refractivity contribution in [3.05, 3.63) is 65.4 Å². The van der Waals surface area contributed by atoms with E-state index in [1.54, 1.807) is 14.0 Å². The predicted molar refractivity (Wildman–Crippen MR) is 115 cm³/mol. The molecule has 1 spiro atoms. The Balaban J connectivity index is 1.62. The molecule has 30 heavy (non-hydrogen) atoms. The number of amides is 1. The maximum atomic E-state index is 12.0. The highest BCUT2D eigenvalue weighted by molar-refractivity contribution is 5.88. The quantitative estimate of drug-likeness (QED) is 0.700. The van der Waals surface area contributed by atoms with Gasteiger partial charge in [-0.05, 0) is 23.3 Å². The first-order valence-electron chi connectivity index (χ1n) is 10.4. The molecule has 0 aliphatic carbocycles. The minimum Gasteiger partial charge on any atom is -0.497 e. The Labute approximate surface area is 176 Å². The number of aliphatic hydroxyl groups excluding tert-OH is 1. The monoisotopic (exact) mass is 405 g/mol. The van der Waals surface area contributed by atoms with Crippen LogP contribution < -0.4 is 4.74 Å². The van der Waals surface area contributed by atoms with Crippen LogP contribution in [-0.4, -0.2) is 59.1 Å². The highest BCUT2D eigenvalue weighted by Gasteiger charge is 2.53. The molecule has 156 valence electrons. The van der Waals surface area contributed by atoms with Gasteiger partial charge in [0.2, 0.25) is 5.91 Å². The SMILES string of the molecule is COc1ccc2c3c([nH]c2c1)[C@@H](CO)N(Cc1ccccc1)CC31CN(C(C)=O)C1. The third-order valence-electron chi connectivity index (χ3n) is 6.68. The minimum atomic E-state index is -0.131. The summed E-state index contributed by atoms with van der Waals surface area (Å²) in [7, 11) is 1.67. The fraction of sp³-hybridized carbons (Fsp3) is 0.375. The van der Waals surface area contributed by atoms with Crippen LogP contribution in [0.25, 0.3) is 10.9 Å². The van der Waals surface area contributed by atoms with E-state index < -0.39 is 0 Å². The number of aromatic nitrogens is 1. The third-order valence-corrected chi connectivity index (χ3v) is 6.68. The molecule has 6 nitrogen and oxygen atoms in total. The normalized spacial score (nSPS) is 20.2. The number of likely N-dealkylation sites (tertiary alicyclic amines) is 1. The molecule has 1 fully saturated rings. The smallest absolute Gasteiger partial charge is 0.219 e. The van der Waals surface area contributed by atoms with Crippen LogP contribution in [0.3, 0.4) is 0 Å². The van der Waals surface area contributed by atoms with E-state index in [9.17, 15) is 9.90 Å². The number of rotatable bonds is 4. The van der Waals surface area contributed by atoms with Crippen molar-refractivity contribution in [2.45, 2.75) is 24.9 Å². The van der Waals surface area contributed by atoms with Crippen molar-refractivity contribution < 1.29 is 14.6 Å². The van der Waals surface area contributed by atoms with Crippen LogP contribution in [0.1, 0.15) is 29.8 Å². The first kappa shape index (κ1) is 19.2. The molecule has 1 amide bonds. The van der Waals surface area contributed by atoms with Gasteiger partial charge >= 0.3 is 0 Å². The van der Waals surface area contributed by atoms with Gasteiger partial charge in [0.25, 0.3) is 0 Å². The fourth-order valence-electron chi connectivity index (χ4n) is 5.26. The number of hydrogen-bond donors (Lipinski definition) is 2. The number of nitrogens with zero attached hydrogens (tertiary/aromatic N) is 2. The number of ether oxygens (including phenoxy) is 1. The molecule has 1 saturated heterocycles. The van der Waals surface area contributed by atoms with Crippen molar-refractivity contribution in [1.82, 2.24) is 14.8 Å². The summed E-state index contributed by atoms with van der Waals surface area (Å²) in [6.07, 6.45) is 0. The van der Waals surface area contributed by atoms with Gasteiger partial charge in [0.1, 0.15) is 5.75 Å². The summed E-state index contributed by atoms with van der Waals surface area (Å²) in [6, 6.07) is 16.3. The number of aromatic amines is 1. The van der Waals surface area contributed by atoms with Crippen LogP contribution in [0.15, 0.2) is 48.5 Å². The van der Waals surface area contributed by atoms with E-state index in [1.807, 2.05) is 35.2 Å². The maximum absolute atomic E-state index is 12.0. The molecule has 0 saturated carbocycles. The van der Waals surface area contributed by atoms with E-state index in [1.165, 1.54) is 11.1 Å². The highest BCUT2D eigenvalue weighted by Crippen LogP contribution is 2.48. The van der Waals surface area contributed by atoms with Crippen molar-refractivity contribution in [3.63, 3.8) is 0 Å². The Hall–Kier alpha value is -2.83. The molecule has 3 aromatic rings. The van der Waals surface area contributed by atoms with Gasteiger partial charge < -0.3 is 19.7 Å². The lowest BCUT2D eigenvalue weighted by atomic mass is 9.68. The summed E-state index contributed by atoms with van der Waals surface area (Å²) < 4.78 is 5.42. The van der Waals surface area contributed by atoms with Crippen molar-refractivity contribution in [1.29, 1.82) is 0 Å². The van der Waals surface area contributed by atoms with Crippen molar-refractivity contribution in [3.8, 4) is 5.75 Å². The lowest BCUT2D eigenvalue weighted by Crippen LogP contribution is -2.67. The van der Waals surface area contributed by atoms with E-state index >= 15 is 0 Å². The summed E-state index contributed by atoms with van der Waals surface area (Å²) >= 11 is 0. The maximum Gasteiger partial charge on any atom is 0.219 e. The molecule has 3 heterocycles. The van der Waals surface area contributed by atoms with Crippen molar-refractivity contribution in [2.75, 3.05) is 33.4 Å². The average Bonchev–Trinajstić information content (AvgIpc) is 3.10. The van der Waals surface area contributed by atoms with E-state index in [0.29, 0.717) is 13.1 Å². The van der Waals surface area contributed by atoms with Crippen LogP contribution in [0.4, 0.5) is 0 Å². The van der Waals surface area contributed by atoms with E-state index in [2.05, 4.69) is 28.1 Å².